The largest absolute Gasteiger partial charge is 0.192 e. The summed E-state index contributed by atoms with van der Waals surface area (Å²) >= 11 is 0. The molecule has 0 unspecified atom stereocenters. The standard InChI is InChI=1S/C18H13N/c1-14(2)18-5-3-4-16(12-18)9-6-15-7-10-17(13-19)11-8-15/h3-5,7-8,10-12H,1H2,2H3. The van der Waals surface area contributed by atoms with E-state index in [0.29, 0.717) is 5.56 Å². The minimum absolute atomic E-state index is 0.648. The van der Waals surface area contributed by atoms with Crippen molar-refractivity contribution in [2.45, 2.75) is 6.92 Å². The second kappa shape index (κ2) is 5.71. The Morgan fingerprint density at radius 1 is 0.947 bits per heavy atom. The van der Waals surface area contributed by atoms with Crippen molar-refractivity contribution in [2.24, 2.45) is 0 Å². The molecule has 0 aromatic heterocycles. The number of rotatable bonds is 1. The number of allylic oxidation sites excluding steroid dienone is 1. The van der Waals surface area contributed by atoms with E-state index in [2.05, 4.69) is 24.5 Å². The minimum Gasteiger partial charge on any atom is -0.192 e. The van der Waals surface area contributed by atoms with Crippen LogP contribution in [0.2, 0.25) is 0 Å². The van der Waals surface area contributed by atoms with Gasteiger partial charge in [-0.3, -0.25) is 0 Å². The van der Waals surface area contributed by atoms with Crippen molar-refractivity contribution in [2.75, 3.05) is 0 Å². The van der Waals surface area contributed by atoms with Gasteiger partial charge in [0.25, 0.3) is 0 Å². The first-order valence-corrected chi connectivity index (χ1v) is 5.97. The van der Waals surface area contributed by atoms with Gasteiger partial charge in [0, 0.05) is 11.1 Å². The van der Waals surface area contributed by atoms with Gasteiger partial charge in [0.2, 0.25) is 0 Å². The highest BCUT2D eigenvalue weighted by atomic mass is 14.2. The third-order valence-electron chi connectivity index (χ3n) is 2.72. The Kier molecular flexibility index (Phi) is 3.81. The summed E-state index contributed by atoms with van der Waals surface area (Å²) in [5, 5.41) is 8.72. The first-order valence-electron chi connectivity index (χ1n) is 5.97. The maximum atomic E-state index is 8.72. The molecule has 0 atom stereocenters. The van der Waals surface area contributed by atoms with Crippen molar-refractivity contribution in [3.63, 3.8) is 0 Å². The molecule has 0 heterocycles. The van der Waals surface area contributed by atoms with Gasteiger partial charge in [0.05, 0.1) is 11.6 Å². The molecule has 0 spiro atoms. The molecule has 0 aliphatic carbocycles. The first-order chi connectivity index (χ1) is 9.19. The molecule has 2 aromatic rings. The van der Waals surface area contributed by atoms with E-state index in [4.69, 9.17) is 5.26 Å². The highest BCUT2D eigenvalue weighted by Crippen LogP contribution is 2.12. The van der Waals surface area contributed by atoms with Crippen molar-refractivity contribution >= 4 is 5.57 Å². The molecular formula is C18H13N. The Hall–Kier alpha value is -2.77. The fraction of sp³-hybridized carbons (Fsp3) is 0.0556. The lowest BCUT2D eigenvalue weighted by Crippen LogP contribution is -1.81. The second-order valence-electron chi connectivity index (χ2n) is 4.30. The molecule has 0 saturated heterocycles. The van der Waals surface area contributed by atoms with Crippen LogP contribution in [0.3, 0.4) is 0 Å². The van der Waals surface area contributed by atoms with E-state index in [1.807, 2.05) is 43.3 Å². The van der Waals surface area contributed by atoms with Gasteiger partial charge in [-0.2, -0.15) is 5.26 Å². The summed E-state index contributed by atoms with van der Waals surface area (Å²) in [6.45, 7) is 5.90. The Morgan fingerprint density at radius 3 is 2.21 bits per heavy atom. The van der Waals surface area contributed by atoms with Crippen molar-refractivity contribution in [1.29, 1.82) is 5.26 Å². The summed E-state index contributed by atoms with van der Waals surface area (Å²) in [5.41, 5.74) is 4.65. The lowest BCUT2D eigenvalue weighted by molar-refractivity contribution is 1.48. The Labute approximate surface area is 113 Å². The summed E-state index contributed by atoms with van der Waals surface area (Å²) in [5.74, 6) is 6.21. The van der Waals surface area contributed by atoms with E-state index >= 15 is 0 Å². The SMILES string of the molecule is C=C(C)c1cccc(C#Cc2ccc(C#N)cc2)c1. The van der Waals surface area contributed by atoms with Crippen LogP contribution in [0.4, 0.5) is 0 Å². The number of hydrogen-bond acceptors (Lipinski definition) is 1. The molecule has 0 amide bonds. The van der Waals surface area contributed by atoms with E-state index in [1.54, 1.807) is 12.1 Å². The smallest absolute Gasteiger partial charge is 0.0991 e. The van der Waals surface area contributed by atoms with Gasteiger partial charge in [-0.05, 0) is 48.9 Å². The molecule has 90 valence electrons. The summed E-state index contributed by atoms with van der Waals surface area (Å²) in [4.78, 5) is 0. The average Bonchev–Trinajstić information content (AvgIpc) is 2.46. The number of nitriles is 1. The molecule has 2 aromatic carbocycles. The Balaban J connectivity index is 2.26. The van der Waals surface area contributed by atoms with Crippen molar-refractivity contribution < 1.29 is 0 Å². The molecule has 19 heavy (non-hydrogen) atoms. The van der Waals surface area contributed by atoms with Crippen LogP contribution in [-0.4, -0.2) is 0 Å². The topological polar surface area (TPSA) is 23.8 Å². The average molecular weight is 243 g/mol. The van der Waals surface area contributed by atoms with E-state index in [1.165, 1.54) is 0 Å². The molecule has 0 aliphatic heterocycles. The van der Waals surface area contributed by atoms with Gasteiger partial charge < -0.3 is 0 Å². The van der Waals surface area contributed by atoms with Gasteiger partial charge in [-0.25, -0.2) is 0 Å². The van der Waals surface area contributed by atoms with Crippen LogP contribution < -0.4 is 0 Å². The van der Waals surface area contributed by atoms with Crippen LogP contribution >= 0.6 is 0 Å². The Morgan fingerprint density at radius 2 is 1.58 bits per heavy atom. The predicted molar refractivity (Wildman–Crippen MR) is 78.3 cm³/mol. The van der Waals surface area contributed by atoms with Crippen LogP contribution in [0, 0.1) is 23.2 Å². The highest BCUT2D eigenvalue weighted by molar-refractivity contribution is 5.63. The van der Waals surface area contributed by atoms with Crippen molar-refractivity contribution in [3.05, 3.63) is 77.4 Å². The molecule has 0 saturated carbocycles. The summed E-state index contributed by atoms with van der Waals surface area (Å²) in [6.07, 6.45) is 0. The Bertz CT molecular complexity index is 704. The minimum atomic E-state index is 0.648. The van der Waals surface area contributed by atoms with Crippen molar-refractivity contribution in [1.82, 2.24) is 0 Å². The van der Waals surface area contributed by atoms with E-state index in [9.17, 15) is 0 Å². The van der Waals surface area contributed by atoms with Gasteiger partial charge in [-0.1, -0.05) is 36.1 Å². The van der Waals surface area contributed by atoms with E-state index in [-0.39, 0.29) is 0 Å². The highest BCUT2D eigenvalue weighted by Gasteiger charge is 1.94. The third-order valence-corrected chi connectivity index (χ3v) is 2.72. The van der Waals surface area contributed by atoms with Gasteiger partial charge >= 0.3 is 0 Å². The lowest BCUT2D eigenvalue weighted by atomic mass is 10.1. The van der Waals surface area contributed by atoms with Gasteiger partial charge in [-0.15, -0.1) is 0 Å². The molecule has 0 fully saturated rings. The van der Waals surface area contributed by atoms with Crippen LogP contribution in [0.25, 0.3) is 5.57 Å². The van der Waals surface area contributed by atoms with Gasteiger partial charge in [0.15, 0.2) is 0 Å². The maximum Gasteiger partial charge on any atom is 0.0991 e. The van der Waals surface area contributed by atoms with Crippen LogP contribution in [-0.2, 0) is 0 Å². The third kappa shape index (κ3) is 3.35. The molecule has 0 aliphatic rings. The zero-order valence-corrected chi connectivity index (χ0v) is 10.8. The predicted octanol–water partition coefficient (Wildman–Crippen LogP) is 3.99. The lowest BCUT2D eigenvalue weighted by Gasteiger charge is -1.99. The molecule has 0 bridgehead atoms. The van der Waals surface area contributed by atoms with Crippen LogP contribution in [0.5, 0.6) is 0 Å². The van der Waals surface area contributed by atoms with Crippen LogP contribution in [0.1, 0.15) is 29.2 Å². The molecule has 2 rings (SSSR count). The fourth-order valence-electron chi connectivity index (χ4n) is 1.63. The molecule has 1 nitrogen and oxygen atoms in total. The van der Waals surface area contributed by atoms with E-state index < -0.39 is 0 Å². The fourth-order valence-corrected chi connectivity index (χ4v) is 1.63. The summed E-state index contributed by atoms with van der Waals surface area (Å²) < 4.78 is 0. The monoisotopic (exact) mass is 243 g/mol. The normalized spacial score (nSPS) is 9.05. The van der Waals surface area contributed by atoms with Gasteiger partial charge in [0.1, 0.15) is 0 Å². The molecule has 1 heteroatoms. The number of hydrogen-bond donors (Lipinski definition) is 0. The van der Waals surface area contributed by atoms with Crippen LogP contribution in [0.15, 0.2) is 55.1 Å². The molecule has 0 N–H and O–H groups in total. The molecule has 0 radical (unpaired) electrons. The first kappa shape index (κ1) is 12.7. The van der Waals surface area contributed by atoms with Crippen molar-refractivity contribution in [3.8, 4) is 17.9 Å². The molecular weight excluding hydrogens is 230 g/mol. The maximum absolute atomic E-state index is 8.72. The zero-order chi connectivity index (χ0) is 13.7. The summed E-state index contributed by atoms with van der Waals surface area (Å²) in [7, 11) is 0. The second-order valence-corrected chi connectivity index (χ2v) is 4.30. The number of nitrogens with zero attached hydrogens (tertiary/aromatic N) is 1. The summed E-state index contributed by atoms with van der Waals surface area (Å²) in [6, 6.07) is 17.3. The zero-order valence-electron chi connectivity index (χ0n) is 10.8. The van der Waals surface area contributed by atoms with E-state index in [0.717, 1.165) is 22.3 Å². The number of benzene rings is 2. The quantitative estimate of drug-likeness (QED) is 0.695.